The van der Waals surface area contributed by atoms with Gasteiger partial charge in [0.05, 0.1) is 22.5 Å². The zero-order chi connectivity index (χ0) is 38.9. The highest BCUT2D eigenvalue weighted by Crippen LogP contribution is 2.66. The molecule has 2 aliphatic carbocycles. The molecular weight excluding hydrogens is 713 g/mol. The molecule has 0 saturated carbocycles. The van der Waals surface area contributed by atoms with Crippen molar-refractivity contribution in [2.75, 3.05) is 9.80 Å². The Morgan fingerprint density at radius 2 is 0.729 bits per heavy atom. The highest BCUT2D eigenvalue weighted by molar-refractivity contribution is 6.13. The van der Waals surface area contributed by atoms with Gasteiger partial charge in [-0.2, -0.15) is 0 Å². The van der Waals surface area contributed by atoms with Gasteiger partial charge in [0, 0.05) is 33.4 Å². The third kappa shape index (κ3) is 4.81. The summed E-state index contributed by atoms with van der Waals surface area (Å²) in [6.45, 7) is 0. The number of hydrogen-bond acceptors (Lipinski definition) is 2. The lowest BCUT2D eigenvalue weighted by Gasteiger charge is -2.33. The maximum absolute atomic E-state index is 2.52. The van der Waals surface area contributed by atoms with Crippen molar-refractivity contribution in [2.45, 2.75) is 5.41 Å². The molecule has 0 aromatic heterocycles. The molecule has 0 bridgehead atoms. The minimum absolute atomic E-state index is 0.577. The molecule has 276 valence electrons. The molecule has 1 unspecified atom stereocenters. The van der Waals surface area contributed by atoms with Crippen molar-refractivity contribution in [2.24, 2.45) is 0 Å². The quantitative estimate of drug-likeness (QED) is 0.167. The molecule has 2 aliphatic rings. The summed E-state index contributed by atoms with van der Waals surface area (Å²) in [6, 6.07) is 84.8. The molecule has 0 saturated heterocycles. The predicted octanol–water partition coefficient (Wildman–Crippen LogP) is 15.3. The van der Waals surface area contributed by atoms with Crippen LogP contribution in [0.1, 0.15) is 22.3 Å². The van der Waals surface area contributed by atoms with E-state index in [4.69, 9.17) is 0 Å². The normalized spacial score (nSPS) is 14.5. The summed E-state index contributed by atoms with van der Waals surface area (Å²) >= 11 is 0. The third-order valence-electron chi connectivity index (χ3n) is 12.6. The Bertz CT molecular complexity index is 3180. The van der Waals surface area contributed by atoms with Crippen molar-refractivity contribution in [3.63, 3.8) is 0 Å². The molecule has 59 heavy (non-hydrogen) atoms. The standard InChI is InChI=1S/C57H38N2/c1-4-22-40(23-5-1)58(41-24-6-2-7-25-41)54-38-51-55(45-30-13-12-29-44(45)54)46-31-14-16-33-48(46)57(51)49-34-17-15-32-47(49)56-50(57)35-19-37-53(56)59(42-26-8-3-9-27-42)52-36-18-21-39-20-10-11-28-43(39)52/h1-38H. The summed E-state index contributed by atoms with van der Waals surface area (Å²) in [6.07, 6.45) is 0. The van der Waals surface area contributed by atoms with Gasteiger partial charge in [0.1, 0.15) is 0 Å². The van der Waals surface area contributed by atoms with Gasteiger partial charge >= 0.3 is 0 Å². The molecule has 10 aromatic rings. The lowest BCUT2D eigenvalue weighted by Crippen LogP contribution is -2.26. The second kappa shape index (κ2) is 13.2. The first-order chi connectivity index (χ1) is 29.3. The second-order valence-corrected chi connectivity index (χ2v) is 15.6. The van der Waals surface area contributed by atoms with E-state index >= 15 is 0 Å². The van der Waals surface area contributed by atoms with E-state index in [9.17, 15) is 0 Å². The second-order valence-electron chi connectivity index (χ2n) is 15.6. The van der Waals surface area contributed by atoms with Gasteiger partial charge in [0.25, 0.3) is 0 Å². The third-order valence-corrected chi connectivity index (χ3v) is 12.6. The van der Waals surface area contributed by atoms with Crippen LogP contribution in [0.2, 0.25) is 0 Å². The van der Waals surface area contributed by atoms with Crippen molar-refractivity contribution in [1.82, 2.24) is 0 Å². The van der Waals surface area contributed by atoms with E-state index in [0.29, 0.717) is 0 Å². The van der Waals surface area contributed by atoms with Gasteiger partial charge < -0.3 is 9.80 Å². The number of rotatable bonds is 6. The van der Waals surface area contributed by atoms with Crippen LogP contribution < -0.4 is 9.80 Å². The summed E-state index contributed by atoms with van der Waals surface area (Å²) in [5.41, 5.74) is 16.6. The number of para-hydroxylation sites is 3. The van der Waals surface area contributed by atoms with Crippen LogP contribution in [0.3, 0.4) is 0 Å². The topological polar surface area (TPSA) is 6.48 Å². The molecule has 0 amide bonds. The summed E-state index contributed by atoms with van der Waals surface area (Å²) in [7, 11) is 0. The van der Waals surface area contributed by atoms with Gasteiger partial charge in [-0.1, -0.05) is 176 Å². The van der Waals surface area contributed by atoms with Crippen LogP contribution in [0, 0.1) is 0 Å². The van der Waals surface area contributed by atoms with E-state index in [0.717, 1.165) is 34.1 Å². The maximum atomic E-state index is 2.52. The predicted molar refractivity (Wildman–Crippen MR) is 247 cm³/mol. The summed E-state index contributed by atoms with van der Waals surface area (Å²) < 4.78 is 0. The Morgan fingerprint density at radius 1 is 0.271 bits per heavy atom. The van der Waals surface area contributed by atoms with Gasteiger partial charge in [0.15, 0.2) is 0 Å². The van der Waals surface area contributed by atoms with E-state index in [1.165, 1.54) is 66.1 Å². The molecule has 12 rings (SSSR count). The lowest BCUT2D eigenvalue weighted by molar-refractivity contribution is 0.794. The van der Waals surface area contributed by atoms with Gasteiger partial charge in [-0.3, -0.25) is 0 Å². The molecule has 10 aromatic carbocycles. The van der Waals surface area contributed by atoms with Crippen LogP contribution in [-0.2, 0) is 5.41 Å². The Labute approximate surface area is 344 Å². The molecule has 1 spiro atoms. The van der Waals surface area contributed by atoms with E-state index < -0.39 is 5.41 Å². The maximum Gasteiger partial charge on any atom is 0.0727 e. The molecule has 0 aliphatic heterocycles. The van der Waals surface area contributed by atoms with Crippen molar-refractivity contribution in [3.8, 4) is 22.3 Å². The van der Waals surface area contributed by atoms with E-state index in [1.807, 2.05) is 0 Å². The molecule has 0 heterocycles. The SMILES string of the molecule is c1ccc(N(c2cccc3c2-c2ccccc2C32c3ccccc3-c3c2cc(N(c2ccccc2)c2ccccc2)c2ccccc32)c2cccc3ccccc23)cc1. The van der Waals surface area contributed by atoms with Crippen molar-refractivity contribution in [3.05, 3.63) is 253 Å². The lowest BCUT2D eigenvalue weighted by atomic mass is 9.70. The molecule has 2 heteroatoms. The molecular formula is C57H38N2. The van der Waals surface area contributed by atoms with Gasteiger partial charge in [-0.05, 0) is 104 Å². The zero-order valence-electron chi connectivity index (χ0n) is 32.3. The molecule has 0 radical (unpaired) electrons. The highest BCUT2D eigenvalue weighted by Gasteiger charge is 2.53. The molecule has 0 N–H and O–H groups in total. The van der Waals surface area contributed by atoms with E-state index in [2.05, 4.69) is 240 Å². The summed E-state index contributed by atoms with van der Waals surface area (Å²) in [5.74, 6) is 0. The van der Waals surface area contributed by atoms with E-state index in [1.54, 1.807) is 0 Å². The monoisotopic (exact) mass is 750 g/mol. The number of nitrogens with zero attached hydrogens (tertiary/aromatic N) is 2. The summed E-state index contributed by atoms with van der Waals surface area (Å²) in [5, 5.41) is 4.91. The first-order valence-corrected chi connectivity index (χ1v) is 20.4. The van der Waals surface area contributed by atoms with Crippen molar-refractivity contribution < 1.29 is 0 Å². The Balaban J connectivity index is 1.21. The van der Waals surface area contributed by atoms with Gasteiger partial charge in [-0.15, -0.1) is 0 Å². The number of anilines is 6. The number of fused-ring (bicyclic) bond motifs is 13. The van der Waals surface area contributed by atoms with Crippen LogP contribution in [0.4, 0.5) is 34.1 Å². The Hall–Kier alpha value is -7.68. The molecule has 0 fully saturated rings. The fourth-order valence-electron chi connectivity index (χ4n) is 10.3. The minimum Gasteiger partial charge on any atom is -0.310 e. The van der Waals surface area contributed by atoms with Crippen LogP contribution in [-0.4, -0.2) is 0 Å². The van der Waals surface area contributed by atoms with Crippen molar-refractivity contribution >= 4 is 55.7 Å². The smallest absolute Gasteiger partial charge is 0.0727 e. The largest absolute Gasteiger partial charge is 0.310 e. The molecule has 2 nitrogen and oxygen atoms in total. The average molecular weight is 751 g/mol. The Morgan fingerprint density at radius 3 is 1.39 bits per heavy atom. The Kier molecular flexibility index (Phi) is 7.48. The molecule has 1 atom stereocenters. The van der Waals surface area contributed by atoms with Crippen LogP contribution >= 0.6 is 0 Å². The minimum atomic E-state index is -0.577. The highest BCUT2D eigenvalue weighted by atomic mass is 15.2. The summed E-state index contributed by atoms with van der Waals surface area (Å²) in [4.78, 5) is 4.92. The fraction of sp³-hybridized carbons (Fsp3) is 0.0175. The average Bonchev–Trinajstić information content (AvgIpc) is 3.78. The first-order valence-electron chi connectivity index (χ1n) is 20.4. The zero-order valence-corrected chi connectivity index (χ0v) is 32.3. The van der Waals surface area contributed by atoms with Crippen LogP contribution in [0.15, 0.2) is 231 Å². The van der Waals surface area contributed by atoms with Gasteiger partial charge in [0.2, 0.25) is 0 Å². The van der Waals surface area contributed by atoms with Gasteiger partial charge in [-0.25, -0.2) is 0 Å². The van der Waals surface area contributed by atoms with Crippen LogP contribution in [0.5, 0.6) is 0 Å². The first kappa shape index (κ1) is 33.5. The number of benzene rings is 10. The number of hydrogen-bond donors (Lipinski definition) is 0. The van der Waals surface area contributed by atoms with Crippen molar-refractivity contribution in [1.29, 1.82) is 0 Å². The van der Waals surface area contributed by atoms with Crippen LogP contribution in [0.25, 0.3) is 43.8 Å². The van der Waals surface area contributed by atoms with E-state index in [-0.39, 0.29) is 0 Å². The fourth-order valence-corrected chi connectivity index (χ4v) is 10.3.